The fourth-order valence-electron chi connectivity index (χ4n) is 1.89. The van der Waals surface area contributed by atoms with Gasteiger partial charge in [0, 0.05) is 23.5 Å². The van der Waals surface area contributed by atoms with Crippen molar-refractivity contribution >= 4 is 23.0 Å². The summed E-state index contributed by atoms with van der Waals surface area (Å²) in [6.07, 6.45) is 0. The lowest BCUT2D eigenvalue weighted by atomic mass is 10.1. The lowest BCUT2D eigenvalue weighted by Gasteiger charge is -2.13. The van der Waals surface area contributed by atoms with Crippen LogP contribution in [0.2, 0.25) is 0 Å². The van der Waals surface area contributed by atoms with Gasteiger partial charge in [0.15, 0.2) is 0 Å². The van der Waals surface area contributed by atoms with Crippen LogP contribution in [0.5, 0.6) is 11.5 Å². The van der Waals surface area contributed by atoms with Crippen molar-refractivity contribution < 1.29 is 14.3 Å². The van der Waals surface area contributed by atoms with Gasteiger partial charge in [-0.25, -0.2) is 0 Å². The largest absolute Gasteiger partial charge is 0.497 e. The van der Waals surface area contributed by atoms with Crippen LogP contribution in [-0.4, -0.2) is 20.1 Å². The number of nitrogen functional groups attached to an aromatic ring is 2. The Morgan fingerprint density at radius 2 is 1.71 bits per heavy atom. The molecule has 0 aliphatic rings. The molecule has 0 unspecified atom stereocenters. The molecular weight excluding hydrogens is 270 g/mol. The third kappa shape index (κ3) is 3.17. The smallest absolute Gasteiger partial charge is 0.261 e. The molecule has 0 heterocycles. The number of nitrogens with two attached hydrogens (primary N) is 2. The minimum Gasteiger partial charge on any atom is -0.497 e. The van der Waals surface area contributed by atoms with Crippen LogP contribution in [0, 0.1) is 0 Å². The van der Waals surface area contributed by atoms with Crippen LogP contribution < -0.4 is 26.3 Å². The molecule has 0 radical (unpaired) electrons. The number of rotatable bonds is 4. The van der Waals surface area contributed by atoms with E-state index in [2.05, 4.69) is 5.32 Å². The summed E-state index contributed by atoms with van der Waals surface area (Å²) >= 11 is 0. The van der Waals surface area contributed by atoms with Crippen LogP contribution in [0.1, 0.15) is 10.4 Å². The number of amides is 1. The Morgan fingerprint density at radius 3 is 2.29 bits per heavy atom. The first-order chi connectivity index (χ1) is 10.0. The second kappa shape index (κ2) is 6.04. The van der Waals surface area contributed by atoms with E-state index in [0.717, 1.165) is 0 Å². The topological polar surface area (TPSA) is 99.6 Å². The monoisotopic (exact) mass is 287 g/mol. The van der Waals surface area contributed by atoms with Crippen molar-refractivity contribution in [2.75, 3.05) is 31.0 Å². The zero-order valence-electron chi connectivity index (χ0n) is 11.8. The molecule has 6 nitrogen and oxygen atoms in total. The summed E-state index contributed by atoms with van der Waals surface area (Å²) < 4.78 is 10.3. The van der Waals surface area contributed by atoms with Gasteiger partial charge in [0.2, 0.25) is 0 Å². The molecule has 6 heteroatoms. The number of methoxy groups -OCH3 is 2. The molecule has 0 atom stereocenters. The predicted molar refractivity (Wildman–Crippen MR) is 82.8 cm³/mol. The Kier molecular flexibility index (Phi) is 4.18. The summed E-state index contributed by atoms with van der Waals surface area (Å²) in [5, 5.41) is 2.74. The molecule has 0 aliphatic heterocycles. The first-order valence-electron chi connectivity index (χ1n) is 6.23. The fourth-order valence-corrected chi connectivity index (χ4v) is 1.89. The number of carbonyl (C=O) groups excluding carboxylic acids is 1. The van der Waals surface area contributed by atoms with Crippen molar-refractivity contribution in [3.05, 3.63) is 42.0 Å². The molecular formula is C15H17N3O3. The number of anilines is 3. The molecule has 2 aromatic carbocycles. The standard InChI is InChI=1S/C15H17N3O3/c1-20-11-7-12(17)14(13(8-11)21-2)15(19)18-10-5-3-9(16)4-6-10/h3-8H,16-17H2,1-2H3,(H,18,19). The Morgan fingerprint density at radius 1 is 1.05 bits per heavy atom. The minimum absolute atomic E-state index is 0.259. The van der Waals surface area contributed by atoms with Crippen molar-refractivity contribution in [3.8, 4) is 11.5 Å². The number of carbonyl (C=O) groups is 1. The molecule has 2 aromatic rings. The molecule has 5 N–H and O–H groups in total. The maximum Gasteiger partial charge on any atom is 0.261 e. The van der Waals surface area contributed by atoms with Crippen molar-refractivity contribution in [1.82, 2.24) is 0 Å². The summed E-state index contributed by atoms with van der Waals surface area (Å²) in [6.45, 7) is 0. The molecule has 21 heavy (non-hydrogen) atoms. The van der Waals surface area contributed by atoms with Gasteiger partial charge < -0.3 is 26.3 Å². The van der Waals surface area contributed by atoms with E-state index >= 15 is 0 Å². The van der Waals surface area contributed by atoms with E-state index in [1.165, 1.54) is 14.2 Å². The van der Waals surface area contributed by atoms with Gasteiger partial charge in [-0.1, -0.05) is 0 Å². The van der Waals surface area contributed by atoms with Crippen LogP contribution in [0.4, 0.5) is 17.1 Å². The Balaban J connectivity index is 2.32. The highest BCUT2D eigenvalue weighted by molar-refractivity contribution is 6.10. The van der Waals surface area contributed by atoms with Crippen LogP contribution in [0.15, 0.2) is 36.4 Å². The predicted octanol–water partition coefficient (Wildman–Crippen LogP) is 2.12. The van der Waals surface area contributed by atoms with Gasteiger partial charge in [-0.2, -0.15) is 0 Å². The van der Waals surface area contributed by atoms with Crippen LogP contribution in [-0.2, 0) is 0 Å². The molecule has 0 saturated carbocycles. The summed E-state index contributed by atoms with van der Waals surface area (Å²) in [5.74, 6) is 0.505. The van der Waals surface area contributed by atoms with Crippen molar-refractivity contribution in [2.24, 2.45) is 0 Å². The lowest BCUT2D eigenvalue weighted by Crippen LogP contribution is -2.15. The van der Waals surface area contributed by atoms with E-state index in [0.29, 0.717) is 22.9 Å². The molecule has 0 saturated heterocycles. The van der Waals surface area contributed by atoms with Crippen molar-refractivity contribution in [1.29, 1.82) is 0 Å². The highest BCUT2D eigenvalue weighted by atomic mass is 16.5. The van der Waals surface area contributed by atoms with E-state index in [1.54, 1.807) is 36.4 Å². The fraction of sp³-hybridized carbons (Fsp3) is 0.133. The van der Waals surface area contributed by atoms with E-state index in [1.807, 2.05) is 0 Å². The summed E-state index contributed by atoms with van der Waals surface area (Å²) in [6, 6.07) is 9.99. The van der Waals surface area contributed by atoms with E-state index in [9.17, 15) is 4.79 Å². The molecule has 0 bridgehead atoms. The normalized spacial score (nSPS) is 10.0. The van der Waals surface area contributed by atoms with E-state index in [4.69, 9.17) is 20.9 Å². The quantitative estimate of drug-likeness (QED) is 0.748. The van der Waals surface area contributed by atoms with Gasteiger partial charge in [0.1, 0.15) is 17.1 Å². The first kappa shape index (κ1) is 14.5. The SMILES string of the molecule is COc1cc(N)c(C(=O)Nc2ccc(N)cc2)c(OC)c1. The Labute approximate surface area is 122 Å². The summed E-state index contributed by atoms with van der Waals surface area (Å²) in [7, 11) is 2.98. The zero-order valence-corrected chi connectivity index (χ0v) is 11.8. The first-order valence-corrected chi connectivity index (χ1v) is 6.23. The second-order valence-corrected chi connectivity index (χ2v) is 4.37. The molecule has 0 spiro atoms. The second-order valence-electron chi connectivity index (χ2n) is 4.37. The van der Waals surface area contributed by atoms with Crippen LogP contribution >= 0.6 is 0 Å². The minimum atomic E-state index is -0.364. The molecule has 110 valence electrons. The van der Waals surface area contributed by atoms with Gasteiger partial charge >= 0.3 is 0 Å². The Bertz CT molecular complexity index is 654. The number of hydrogen-bond donors (Lipinski definition) is 3. The van der Waals surface area contributed by atoms with E-state index < -0.39 is 0 Å². The number of ether oxygens (including phenoxy) is 2. The number of nitrogens with one attached hydrogen (secondary N) is 1. The third-order valence-electron chi connectivity index (χ3n) is 2.96. The van der Waals surface area contributed by atoms with Gasteiger partial charge in [0.25, 0.3) is 5.91 Å². The van der Waals surface area contributed by atoms with Gasteiger partial charge in [-0.3, -0.25) is 4.79 Å². The van der Waals surface area contributed by atoms with E-state index in [-0.39, 0.29) is 17.2 Å². The van der Waals surface area contributed by atoms with Crippen molar-refractivity contribution in [2.45, 2.75) is 0 Å². The lowest BCUT2D eigenvalue weighted by molar-refractivity contribution is 0.102. The molecule has 0 fully saturated rings. The van der Waals surface area contributed by atoms with Gasteiger partial charge in [-0.05, 0) is 24.3 Å². The average Bonchev–Trinajstić information content (AvgIpc) is 2.48. The van der Waals surface area contributed by atoms with Crippen LogP contribution in [0.3, 0.4) is 0 Å². The summed E-state index contributed by atoms with van der Waals surface area (Å²) in [4.78, 5) is 12.4. The van der Waals surface area contributed by atoms with Crippen molar-refractivity contribution in [3.63, 3.8) is 0 Å². The van der Waals surface area contributed by atoms with Gasteiger partial charge in [-0.15, -0.1) is 0 Å². The van der Waals surface area contributed by atoms with Crippen LogP contribution in [0.25, 0.3) is 0 Å². The maximum absolute atomic E-state index is 12.4. The summed E-state index contributed by atoms with van der Waals surface area (Å²) in [5.41, 5.74) is 13.3. The molecule has 0 aromatic heterocycles. The zero-order chi connectivity index (χ0) is 15.4. The highest BCUT2D eigenvalue weighted by Gasteiger charge is 2.18. The number of hydrogen-bond acceptors (Lipinski definition) is 5. The average molecular weight is 287 g/mol. The molecule has 0 aliphatic carbocycles. The number of benzene rings is 2. The maximum atomic E-state index is 12.4. The van der Waals surface area contributed by atoms with Gasteiger partial charge in [0.05, 0.1) is 19.9 Å². The third-order valence-corrected chi connectivity index (χ3v) is 2.96. The molecule has 1 amide bonds. The highest BCUT2D eigenvalue weighted by Crippen LogP contribution is 2.31. The Hall–Kier alpha value is -2.89. The molecule has 2 rings (SSSR count).